The molecule has 1 aliphatic heterocycles. The van der Waals surface area contributed by atoms with Gasteiger partial charge in [-0.15, -0.1) is 0 Å². The van der Waals surface area contributed by atoms with Gasteiger partial charge in [0, 0.05) is 24.1 Å². The van der Waals surface area contributed by atoms with Crippen molar-refractivity contribution in [1.82, 2.24) is 10.2 Å². The summed E-state index contributed by atoms with van der Waals surface area (Å²) >= 11 is 0. The summed E-state index contributed by atoms with van der Waals surface area (Å²) in [5.41, 5.74) is 7.21. The molecule has 2 amide bonds. The second-order valence-corrected chi connectivity index (χ2v) is 7.25. The highest BCUT2D eigenvalue weighted by Gasteiger charge is 2.48. The number of carbonyl (C=O) groups excluding carboxylic acids is 1. The molecule has 1 atom stereocenters. The van der Waals surface area contributed by atoms with E-state index in [2.05, 4.69) is 5.32 Å². The van der Waals surface area contributed by atoms with E-state index in [1.807, 2.05) is 24.3 Å². The molecule has 1 heterocycles. The molecule has 5 N–H and O–H groups in total. The third-order valence-corrected chi connectivity index (χ3v) is 5.80. The van der Waals surface area contributed by atoms with Gasteiger partial charge in [0.1, 0.15) is 5.84 Å². The molecule has 0 aromatic heterocycles. The van der Waals surface area contributed by atoms with E-state index >= 15 is 0 Å². The van der Waals surface area contributed by atoms with Gasteiger partial charge in [-0.1, -0.05) is 43.5 Å². The number of carboxylic acids is 1. The van der Waals surface area contributed by atoms with E-state index < -0.39 is 5.97 Å². The normalized spacial score (nSPS) is 22.1. The first-order valence-corrected chi connectivity index (χ1v) is 9.15. The number of carbonyl (C=O) groups is 2. The predicted molar refractivity (Wildman–Crippen MR) is 98.4 cm³/mol. The van der Waals surface area contributed by atoms with E-state index in [4.69, 9.17) is 16.2 Å². The van der Waals surface area contributed by atoms with Gasteiger partial charge in [0.2, 0.25) is 0 Å². The molecule has 2 fully saturated rings. The molecule has 140 valence electrons. The zero-order valence-electron chi connectivity index (χ0n) is 14.8. The van der Waals surface area contributed by atoms with Crippen LogP contribution in [-0.2, 0) is 10.2 Å². The summed E-state index contributed by atoms with van der Waals surface area (Å²) in [5, 5.41) is 19.5. The van der Waals surface area contributed by atoms with Crippen LogP contribution < -0.4 is 11.1 Å². The van der Waals surface area contributed by atoms with Gasteiger partial charge in [0.25, 0.3) is 0 Å². The van der Waals surface area contributed by atoms with E-state index in [0.29, 0.717) is 12.1 Å². The maximum Gasteiger partial charge on any atom is 0.317 e. The molecule has 26 heavy (non-hydrogen) atoms. The Hall–Kier alpha value is -2.57. The van der Waals surface area contributed by atoms with Gasteiger partial charge in [-0.25, -0.2) is 4.79 Å². The molecule has 1 aliphatic carbocycles. The number of urea groups is 1. The molecular formula is C19H26N4O3. The molecular weight excluding hydrogens is 332 g/mol. The van der Waals surface area contributed by atoms with Gasteiger partial charge < -0.3 is 21.1 Å². The monoisotopic (exact) mass is 358 g/mol. The minimum atomic E-state index is -0.896. The number of nitrogens with zero attached hydrogens (tertiary/aromatic N) is 1. The van der Waals surface area contributed by atoms with Crippen molar-refractivity contribution in [2.45, 2.75) is 50.0 Å². The van der Waals surface area contributed by atoms with E-state index in [1.54, 1.807) is 4.90 Å². The number of carboxylic acid groups (broad SMARTS) is 1. The van der Waals surface area contributed by atoms with Gasteiger partial charge in [-0.2, -0.15) is 0 Å². The summed E-state index contributed by atoms with van der Waals surface area (Å²) in [6, 6.07) is 7.51. The molecule has 1 unspecified atom stereocenters. The Kier molecular flexibility index (Phi) is 5.15. The number of nitrogens with two attached hydrogens (primary N) is 1. The van der Waals surface area contributed by atoms with Crippen molar-refractivity contribution in [3.63, 3.8) is 0 Å². The van der Waals surface area contributed by atoms with Crippen LogP contribution in [0.3, 0.4) is 0 Å². The standard InChI is InChI=1S/C19H26N4O3/c20-17(21)13-4-6-14(7-5-13)19(9-2-1-3-10-19)15-12-22-18(26)23(15)11-8-16(24)25/h4-7,15H,1-3,8-12H2,(H3,20,21)(H,22,26)(H,24,25). The largest absolute Gasteiger partial charge is 0.481 e. The lowest BCUT2D eigenvalue weighted by Crippen LogP contribution is -2.51. The molecule has 1 saturated heterocycles. The minimum Gasteiger partial charge on any atom is -0.481 e. The number of nitrogens with one attached hydrogen (secondary N) is 2. The SMILES string of the molecule is N=C(N)c1ccc(C2(C3CNC(=O)N3CCC(=O)O)CCCCC2)cc1. The van der Waals surface area contributed by atoms with Crippen LogP contribution in [0.15, 0.2) is 24.3 Å². The fourth-order valence-electron chi connectivity index (χ4n) is 4.48. The van der Waals surface area contributed by atoms with Crippen molar-refractivity contribution in [2.24, 2.45) is 5.73 Å². The summed E-state index contributed by atoms with van der Waals surface area (Å²) in [4.78, 5) is 25.0. The van der Waals surface area contributed by atoms with Crippen LogP contribution in [0.4, 0.5) is 4.79 Å². The summed E-state index contributed by atoms with van der Waals surface area (Å²) in [7, 11) is 0. The number of amidine groups is 1. The Morgan fingerprint density at radius 2 is 1.92 bits per heavy atom. The number of amides is 2. The number of hydrogen-bond acceptors (Lipinski definition) is 3. The molecule has 7 nitrogen and oxygen atoms in total. The fraction of sp³-hybridized carbons (Fsp3) is 0.526. The van der Waals surface area contributed by atoms with Crippen molar-refractivity contribution >= 4 is 17.8 Å². The van der Waals surface area contributed by atoms with Crippen LogP contribution in [0.2, 0.25) is 0 Å². The predicted octanol–water partition coefficient (Wildman–Crippen LogP) is 2.04. The smallest absolute Gasteiger partial charge is 0.317 e. The highest BCUT2D eigenvalue weighted by molar-refractivity contribution is 5.94. The molecule has 0 spiro atoms. The highest BCUT2D eigenvalue weighted by atomic mass is 16.4. The first-order chi connectivity index (χ1) is 12.4. The minimum absolute atomic E-state index is 0.0371. The molecule has 1 saturated carbocycles. The zero-order chi connectivity index (χ0) is 18.7. The summed E-state index contributed by atoms with van der Waals surface area (Å²) in [6.07, 6.45) is 5.24. The van der Waals surface area contributed by atoms with Gasteiger partial charge in [-0.3, -0.25) is 10.2 Å². The molecule has 7 heteroatoms. The third-order valence-electron chi connectivity index (χ3n) is 5.80. The van der Waals surface area contributed by atoms with Crippen molar-refractivity contribution in [1.29, 1.82) is 5.41 Å². The van der Waals surface area contributed by atoms with Crippen molar-refractivity contribution in [3.8, 4) is 0 Å². The lowest BCUT2D eigenvalue weighted by atomic mass is 9.64. The van der Waals surface area contributed by atoms with Crippen LogP contribution in [0.5, 0.6) is 0 Å². The Bertz CT molecular complexity index is 695. The van der Waals surface area contributed by atoms with Gasteiger partial charge in [-0.05, 0) is 18.4 Å². The number of benzene rings is 1. The topological polar surface area (TPSA) is 120 Å². The molecule has 1 aromatic rings. The van der Waals surface area contributed by atoms with E-state index in [0.717, 1.165) is 31.2 Å². The zero-order valence-corrected chi connectivity index (χ0v) is 14.8. The number of hydrogen-bond donors (Lipinski definition) is 4. The van der Waals surface area contributed by atoms with Crippen LogP contribution in [0.25, 0.3) is 0 Å². The molecule has 3 rings (SSSR count). The van der Waals surface area contributed by atoms with E-state index in [-0.39, 0.29) is 36.3 Å². The van der Waals surface area contributed by atoms with Crippen LogP contribution >= 0.6 is 0 Å². The quantitative estimate of drug-likeness (QED) is 0.459. The first kappa shape index (κ1) is 18.2. The van der Waals surface area contributed by atoms with Crippen molar-refractivity contribution in [2.75, 3.05) is 13.1 Å². The maximum atomic E-state index is 12.3. The fourth-order valence-corrected chi connectivity index (χ4v) is 4.48. The van der Waals surface area contributed by atoms with Crippen molar-refractivity contribution < 1.29 is 14.7 Å². The Morgan fingerprint density at radius 1 is 1.27 bits per heavy atom. The second kappa shape index (κ2) is 7.35. The Labute approximate surface area is 153 Å². The lowest BCUT2D eigenvalue weighted by molar-refractivity contribution is -0.137. The van der Waals surface area contributed by atoms with Crippen LogP contribution in [-0.4, -0.2) is 47.0 Å². The van der Waals surface area contributed by atoms with Crippen LogP contribution in [0.1, 0.15) is 49.7 Å². The van der Waals surface area contributed by atoms with Gasteiger partial charge in [0.15, 0.2) is 0 Å². The summed E-state index contributed by atoms with van der Waals surface area (Å²) < 4.78 is 0. The number of aliphatic carboxylic acids is 1. The van der Waals surface area contributed by atoms with Crippen molar-refractivity contribution in [3.05, 3.63) is 35.4 Å². The van der Waals surface area contributed by atoms with E-state index in [9.17, 15) is 9.59 Å². The summed E-state index contributed by atoms with van der Waals surface area (Å²) in [5.74, 6) is -0.859. The average molecular weight is 358 g/mol. The number of nitrogen functional groups attached to an aromatic ring is 1. The van der Waals surface area contributed by atoms with Gasteiger partial charge >= 0.3 is 12.0 Å². The third kappa shape index (κ3) is 3.38. The Morgan fingerprint density at radius 3 is 2.50 bits per heavy atom. The Balaban J connectivity index is 1.94. The molecule has 2 aliphatic rings. The molecule has 0 bridgehead atoms. The lowest BCUT2D eigenvalue weighted by Gasteiger charge is -2.45. The second-order valence-electron chi connectivity index (χ2n) is 7.25. The number of rotatable bonds is 6. The van der Waals surface area contributed by atoms with Gasteiger partial charge in [0.05, 0.1) is 12.5 Å². The molecule has 0 radical (unpaired) electrons. The maximum absolute atomic E-state index is 12.3. The first-order valence-electron chi connectivity index (χ1n) is 9.15. The molecule has 1 aromatic carbocycles. The highest BCUT2D eigenvalue weighted by Crippen LogP contribution is 2.45. The average Bonchev–Trinajstić information content (AvgIpc) is 3.01. The van der Waals surface area contributed by atoms with E-state index in [1.165, 1.54) is 6.42 Å². The summed E-state index contributed by atoms with van der Waals surface area (Å²) in [6.45, 7) is 0.756. The van der Waals surface area contributed by atoms with Crippen LogP contribution in [0, 0.1) is 5.41 Å².